The molecule has 2 amide bonds. The third-order valence-electron chi connectivity index (χ3n) is 10.7. The van der Waals surface area contributed by atoms with Gasteiger partial charge in [0.1, 0.15) is 34.5 Å². The summed E-state index contributed by atoms with van der Waals surface area (Å²) in [6.45, 7) is 9.15. The molecule has 0 radical (unpaired) electrons. The summed E-state index contributed by atoms with van der Waals surface area (Å²) in [5, 5.41) is 8.42. The van der Waals surface area contributed by atoms with Crippen molar-refractivity contribution in [1.29, 1.82) is 0 Å². The molecule has 7 heterocycles. The van der Waals surface area contributed by atoms with Crippen LogP contribution >= 0.6 is 15.9 Å². The molecule has 12 nitrogen and oxygen atoms in total. The second-order valence-corrected chi connectivity index (χ2v) is 15.1. The molecular formula is C36H39BrN8O4. The molecule has 1 N–H and O–H groups in total. The van der Waals surface area contributed by atoms with Crippen molar-refractivity contribution in [2.24, 2.45) is 11.3 Å². The van der Waals surface area contributed by atoms with E-state index < -0.39 is 6.04 Å². The van der Waals surface area contributed by atoms with Gasteiger partial charge in [-0.15, -0.1) is 0 Å². The van der Waals surface area contributed by atoms with E-state index in [1.54, 1.807) is 22.0 Å². The van der Waals surface area contributed by atoms with Gasteiger partial charge in [-0.3, -0.25) is 19.1 Å². The van der Waals surface area contributed by atoms with Gasteiger partial charge in [0.15, 0.2) is 5.78 Å². The van der Waals surface area contributed by atoms with Crippen molar-refractivity contribution in [3.05, 3.63) is 63.9 Å². The number of hydrogen-bond acceptors (Lipinski definition) is 9. The van der Waals surface area contributed by atoms with Crippen molar-refractivity contribution in [3.8, 4) is 11.1 Å². The average molecular weight is 728 g/mol. The molecule has 9 rings (SSSR count). The predicted molar refractivity (Wildman–Crippen MR) is 186 cm³/mol. The van der Waals surface area contributed by atoms with E-state index in [9.17, 15) is 14.4 Å². The predicted octanol–water partition coefficient (Wildman–Crippen LogP) is 4.71. The van der Waals surface area contributed by atoms with Gasteiger partial charge >= 0.3 is 0 Å². The smallest absolute Gasteiger partial charge is 0.248 e. The fourth-order valence-corrected chi connectivity index (χ4v) is 8.55. The Morgan fingerprint density at radius 2 is 1.90 bits per heavy atom. The Kier molecular flexibility index (Phi) is 8.11. The number of Topliss-reactive ketones (excluding diaryl/α,β-unsaturated/α-hetero) is 1. The summed E-state index contributed by atoms with van der Waals surface area (Å²) in [7, 11) is 0. The molecule has 3 aromatic heterocycles. The molecule has 1 aliphatic carbocycles. The zero-order valence-electron chi connectivity index (χ0n) is 27.9. The number of piperidine rings is 1. The van der Waals surface area contributed by atoms with E-state index in [1.807, 2.05) is 38.1 Å². The SMILES string of the molecule is CC(=O)c1nn(CC(=O)N2C3C[C@]34C[C@H]2C(=O)Nc2nc(Br)ccc2COCCCC2CN(C2)C4)c2c(C)cc(-c3cnc(C)nc3)cc12. The molecule has 3 atom stereocenters. The monoisotopic (exact) mass is 726 g/mol. The van der Waals surface area contributed by atoms with E-state index in [4.69, 9.17) is 9.84 Å². The fourth-order valence-electron chi connectivity index (χ4n) is 8.24. The third kappa shape index (κ3) is 5.95. The van der Waals surface area contributed by atoms with Crippen molar-refractivity contribution >= 4 is 50.2 Å². The fraction of sp³-hybridized carbons (Fsp3) is 0.472. The number of carbonyl (C=O) groups excluding carboxylic acids is 3. The number of hydrogen-bond donors (Lipinski definition) is 1. The first kappa shape index (κ1) is 32.2. The topological polar surface area (TPSA) is 135 Å². The number of nitrogens with one attached hydrogen (secondary N) is 1. The summed E-state index contributed by atoms with van der Waals surface area (Å²) in [4.78, 5) is 58.9. The van der Waals surface area contributed by atoms with Gasteiger partial charge in [-0.1, -0.05) is 6.07 Å². The summed E-state index contributed by atoms with van der Waals surface area (Å²) in [5.41, 5.74) is 4.27. The lowest BCUT2D eigenvalue weighted by Crippen LogP contribution is -2.49. The van der Waals surface area contributed by atoms with Crippen LogP contribution in [0.1, 0.15) is 60.0 Å². The second kappa shape index (κ2) is 12.4. The highest BCUT2D eigenvalue weighted by Gasteiger charge is 2.67. The number of nitrogens with zero attached hydrogens (tertiary/aromatic N) is 7. The second-order valence-electron chi connectivity index (χ2n) is 14.3. The van der Waals surface area contributed by atoms with Gasteiger partial charge in [0.05, 0.1) is 12.1 Å². The Hall–Kier alpha value is -4.07. The Bertz CT molecular complexity index is 1990. The summed E-state index contributed by atoms with van der Waals surface area (Å²) in [6, 6.07) is 6.98. The van der Waals surface area contributed by atoms with E-state index in [0.29, 0.717) is 52.9 Å². The van der Waals surface area contributed by atoms with Gasteiger partial charge in [0.2, 0.25) is 11.8 Å². The Morgan fingerprint density at radius 1 is 1.10 bits per heavy atom. The third-order valence-corrected chi connectivity index (χ3v) is 11.1. The number of anilines is 1. The highest BCUT2D eigenvalue weighted by Crippen LogP contribution is 2.60. The van der Waals surface area contributed by atoms with E-state index in [2.05, 4.69) is 41.1 Å². The number of likely N-dealkylation sites (tertiary alicyclic amines) is 1. The quantitative estimate of drug-likeness (QED) is 0.234. The number of ether oxygens (including phenoxy) is 1. The molecule has 49 heavy (non-hydrogen) atoms. The van der Waals surface area contributed by atoms with Gasteiger partial charge in [-0.25, -0.2) is 15.0 Å². The normalized spacial score (nSPS) is 26.4. The maximum absolute atomic E-state index is 14.4. The highest BCUT2D eigenvalue weighted by atomic mass is 79.9. The molecule has 1 unspecified atom stereocenters. The van der Waals surface area contributed by atoms with E-state index in [0.717, 1.165) is 66.7 Å². The molecule has 13 heteroatoms. The lowest BCUT2D eigenvalue weighted by molar-refractivity contribution is -0.138. The number of ketones is 1. The van der Waals surface area contributed by atoms with Gasteiger partial charge in [0.25, 0.3) is 0 Å². The first-order valence-electron chi connectivity index (χ1n) is 17.0. The first-order chi connectivity index (χ1) is 23.6. The Balaban J connectivity index is 1.12. The number of aryl methyl sites for hydroxylation is 2. The maximum atomic E-state index is 14.4. The summed E-state index contributed by atoms with van der Waals surface area (Å²) < 4.78 is 8.23. The molecule has 3 fully saturated rings. The molecule has 2 saturated heterocycles. The molecule has 1 saturated carbocycles. The van der Waals surface area contributed by atoms with Crippen LogP contribution in [0, 0.1) is 25.2 Å². The van der Waals surface area contributed by atoms with Crippen LogP contribution in [0.3, 0.4) is 0 Å². The molecule has 1 aromatic carbocycles. The Morgan fingerprint density at radius 3 is 2.67 bits per heavy atom. The van der Waals surface area contributed by atoms with E-state index in [-0.39, 0.29) is 35.6 Å². The zero-order chi connectivity index (χ0) is 34.0. The Labute approximate surface area is 292 Å². The lowest BCUT2D eigenvalue weighted by atomic mass is 9.91. The number of rotatable bonds is 4. The number of amides is 2. The standard InChI is InChI=1S/C36H39BrN8O4/c1-20-9-25(26-13-38-22(3)39-14-26)10-27-32(21(2)46)42-44(33(20)27)17-31(47)45-28-11-36(12-29(36)45)19-43-15-23(16-43)5-4-8-49-18-24-6-7-30(37)40-34(24)41-35(28)48/h6-7,9-10,13-14,23,28-29H,4-5,8,11-12,15-19H2,1-3H3,(H,40,41,48)/t28-,29?,36-/m0/s1. The molecule has 5 aliphatic rings. The summed E-state index contributed by atoms with van der Waals surface area (Å²) >= 11 is 3.44. The molecule has 1 spiro atoms. The lowest BCUT2D eigenvalue weighted by Gasteiger charge is -2.41. The number of carbonyl (C=O) groups is 3. The molecule has 4 aliphatic heterocycles. The van der Waals surface area contributed by atoms with Gasteiger partial charge in [0, 0.05) is 73.5 Å². The average Bonchev–Trinajstić information content (AvgIpc) is 3.44. The van der Waals surface area contributed by atoms with Crippen LogP contribution in [0.25, 0.3) is 22.0 Å². The number of halogens is 1. The van der Waals surface area contributed by atoms with Gasteiger partial charge in [-0.05, 0) is 90.7 Å². The maximum Gasteiger partial charge on any atom is 0.248 e. The van der Waals surface area contributed by atoms with Crippen LogP contribution in [-0.2, 0) is 27.5 Å². The molecule has 254 valence electrons. The van der Waals surface area contributed by atoms with E-state index >= 15 is 0 Å². The van der Waals surface area contributed by atoms with Crippen LogP contribution in [0.4, 0.5) is 5.82 Å². The van der Waals surface area contributed by atoms with Crippen LogP contribution in [0.2, 0.25) is 0 Å². The van der Waals surface area contributed by atoms with E-state index in [1.165, 1.54) is 6.92 Å². The van der Waals surface area contributed by atoms with Crippen LogP contribution in [0.15, 0.2) is 41.3 Å². The number of benzene rings is 1. The zero-order valence-corrected chi connectivity index (χ0v) is 29.5. The molecular weight excluding hydrogens is 688 g/mol. The summed E-state index contributed by atoms with van der Waals surface area (Å²) in [6.07, 6.45) is 7.11. The largest absolute Gasteiger partial charge is 0.377 e. The van der Waals surface area contributed by atoms with Crippen molar-refractivity contribution in [2.75, 3.05) is 31.6 Å². The summed E-state index contributed by atoms with van der Waals surface area (Å²) in [5.74, 6) is 1.13. The molecule has 4 aromatic rings. The van der Waals surface area contributed by atoms with Crippen molar-refractivity contribution < 1.29 is 19.1 Å². The van der Waals surface area contributed by atoms with Crippen molar-refractivity contribution in [1.82, 2.24) is 34.5 Å². The van der Waals surface area contributed by atoms with Crippen molar-refractivity contribution in [3.63, 3.8) is 0 Å². The van der Waals surface area contributed by atoms with Gasteiger partial charge in [-0.2, -0.15) is 5.10 Å². The van der Waals surface area contributed by atoms with Crippen LogP contribution in [0.5, 0.6) is 0 Å². The number of aromatic nitrogens is 5. The minimum Gasteiger partial charge on any atom is -0.377 e. The molecule has 4 bridgehead atoms. The minimum absolute atomic E-state index is 0.0351. The first-order valence-corrected chi connectivity index (χ1v) is 17.8. The highest BCUT2D eigenvalue weighted by molar-refractivity contribution is 9.10. The minimum atomic E-state index is -0.658. The van der Waals surface area contributed by atoms with Crippen LogP contribution < -0.4 is 5.32 Å². The van der Waals surface area contributed by atoms with Crippen LogP contribution in [-0.4, -0.2) is 90.5 Å². The van der Waals surface area contributed by atoms with Gasteiger partial charge < -0.3 is 19.9 Å². The number of fused-ring (bicyclic) bond motifs is 6. The number of pyridine rings is 1. The van der Waals surface area contributed by atoms with Crippen molar-refractivity contribution in [2.45, 2.75) is 71.7 Å².